The van der Waals surface area contributed by atoms with Gasteiger partial charge in [-0.1, -0.05) is 11.3 Å². The number of hydrogen-bond acceptors (Lipinski definition) is 3. The molecule has 0 amide bonds. The molecule has 0 aliphatic rings. The van der Waals surface area contributed by atoms with E-state index in [1.807, 2.05) is 6.92 Å². The van der Waals surface area contributed by atoms with E-state index >= 15 is 0 Å². The Bertz CT molecular complexity index is 294. The van der Waals surface area contributed by atoms with Crippen molar-refractivity contribution in [2.24, 2.45) is 0 Å². The first-order chi connectivity index (χ1) is 6.52. The Labute approximate surface area is 89.6 Å². The zero-order valence-electron chi connectivity index (χ0n) is 9.32. The lowest BCUT2D eigenvalue weighted by molar-refractivity contribution is -0.697. The molecule has 0 spiro atoms. The van der Waals surface area contributed by atoms with Crippen molar-refractivity contribution in [2.45, 2.75) is 26.5 Å². The second-order valence-electron chi connectivity index (χ2n) is 3.85. The van der Waals surface area contributed by atoms with Gasteiger partial charge in [0.2, 0.25) is 5.51 Å². The summed E-state index contributed by atoms with van der Waals surface area (Å²) in [6.07, 6.45) is -0.347. The van der Waals surface area contributed by atoms with Crippen molar-refractivity contribution in [1.29, 1.82) is 0 Å². The molecule has 0 aliphatic carbocycles. The van der Waals surface area contributed by atoms with Gasteiger partial charge in [0.15, 0.2) is 12.2 Å². The molecular weight excluding hydrogens is 196 g/mol. The molecule has 1 heterocycles. The molecular formula is C10H19N2OS+. The first-order valence-corrected chi connectivity index (χ1v) is 5.70. The lowest BCUT2D eigenvalue weighted by Crippen LogP contribution is -2.39. The second kappa shape index (κ2) is 4.87. The van der Waals surface area contributed by atoms with Crippen LogP contribution in [0.1, 0.15) is 23.6 Å². The molecule has 1 aromatic rings. The predicted molar refractivity (Wildman–Crippen MR) is 58.4 cm³/mol. The molecule has 0 aliphatic heterocycles. The van der Waals surface area contributed by atoms with E-state index < -0.39 is 0 Å². The molecule has 3 nitrogen and oxygen atoms in total. The monoisotopic (exact) mass is 215 g/mol. The van der Waals surface area contributed by atoms with E-state index in [2.05, 4.69) is 36.0 Å². The van der Waals surface area contributed by atoms with E-state index in [1.54, 1.807) is 11.3 Å². The number of thiazole rings is 1. The highest BCUT2D eigenvalue weighted by Crippen LogP contribution is 2.19. The maximum atomic E-state index is 9.48. The second-order valence-corrected chi connectivity index (χ2v) is 4.73. The quantitative estimate of drug-likeness (QED) is 0.758. The summed E-state index contributed by atoms with van der Waals surface area (Å²) in [5, 5.41) is 9.48. The molecule has 4 heteroatoms. The average Bonchev–Trinajstić information content (AvgIpc) is 2.43. The van der Waals surface area contributed by atoms with Gasteiger partial charge in [0.1, 0.15) is 4.88 Å². The fraction of sp³-hybridized carbons (Fsp3) is 0.700. The van der Waals surface area contributed by atoms with Gasteiger partial charge in [-0.05, 0) is 21.0 Å². The van der Waals surface area contributed by atoms with Crippen LogP contribution in [0.4, 0.5) is 0 Å². The lowest BCUT2D eigenvalue weighted by Gasteiger charge is -2.05. The third-order valence-corrected chi connectivity index (χ3v) is 3.51. The number of aromatic nitrogens is 1. The standard InChI is InChI=1S/C10H19N2OS/c1-8-10(9(2)13)14-7-12(8)6-5-11(3)4/h7,9,13H,5-6H2,1-4H3/q+1. The number of likely N-dealkylation sites (N-methyl/N-ethyl adjacent to an activating group) is 1. The highest BCUT2D eigenvalue weighted by atomic mass is 32.1. The Balaban J connectivity index is 2.70. The molecule has 0 saturated heterocycles. The Kier molecular flexibility index (Phi) is 4.04. The van der Waals surface area contributed by atoms with Crippen LogP contribution in [0.5, 0.6) is 0 Å². The highest BCUT2D eigenvalue weighted by molar-refractivity contribution is 7.09. The van der Waals surface area contributed by atoms with Crippen LogP contribution >= 0.6 is 11.3 Å². The molecule has 0 bridgehead atoms. The third kappa shape index (κ3) is 2.77. The Hall–Kier alpha value is -0.450. The molecule has 1 atom stereocenters. The van der Waals surface area contributed by atoms with Gasteiger partial charge in [0.05, 0.1) is 12.6 Å². The molecule has 0 radical (unpaired) electrons. The Morgan fingerprint density at radius 2 is 2.21 bits per heavy atom. The van der Waals surface area contributed by atoms with E-state index in [1.165, 1.54) is 5.69 Å². The van der Waals surface area contributed by atoms with Gasteiger partial charge < -0.3 is 10.0 Å². The molecule has 1 rings (SSSR count). The molecule has 1 unspecified atom stereocenters. The van der Waals surface area contributed by atoms with Gasteiger partial charge in [-0.15, -0.1) is 0 Å². The normalized spacial score (nSPS) is 13.6. The van der Waals surface area contributed by atoms with Gasteiger partial charge in [-0.3, -0.25) is 0 Å². The third-order valence-electron chi connectivity index (χ3n) is 2.26. The zero-order chi connectivity index (χ0) is 10.7. The Morgan fingerprint density at radius 3 is 2.64 bits per heavy atom. The van der Waals surface area contributed by atoms with Gasteiger partial charge in [-0.2, -0.15) is 4.57 Å². The van der Waals surface area contributed by atoms with Crippen molar-refractivity contribution in [3.8, 4) is 0 Å². The van der Waals surface area contributed by atoms with Crippen molar-refractivity contribution in [3.63, 3.8) is 0 Å². The van der Waals surface area contributed by atoms with E-state index in [4.69, 9.17) is 0 Å². The maximum absolute atomic E-state index is 9.48. The molecule has 1 aromatic heterocycles. The minimum Gasteiger partial charge on any atom is -0.388 e. The number of aliphatic hydroxyl groups excluding tert-OH is 1. The largest absolute Gasteiger partial charge is 0.388 e. The summed E-state index contributed by atoms with van der Waals surface area (Å²) < 4.78 is 2.20. The fourth-order valence-electron chi connectivity index (χ4n) is 1.36. The molecule has 0 aromatic carbocycles. The summed E-state index contributed by atoms with van der Waals surface area (Å²) in [6.45, 7) is 5.90. The summed E-state index contributed by atoms with van der Waals surface area (Å²) in [7, 11) is 4.13. The van der Waals surface area contributed by atoms with Crippen molar-refractivity contribution in [2.75, 3.05) is 20.6 Å². The Morgan fingerprint density at radius 1 is 1.57 bits per heavy atom. The van der Waals surface area contributed by atoms with Crippen molar-refractivity contribution in [1.82, 2.24) is 4.90 Å². The number of hydrogen-bond donors (Lipinski definition) is 1. The summed E-state index contributed by atoms with van der Waals surface area (Å²) in [6, 6.07) is 0. The van der Waals surface area contributed by atoms with E-state index in [9.17, 15) is 5.11 Å². The minimum atomic E-state index is -0.347. The van der Waals surface area contributed by atoms with Crippen molar-refractivity contribution >= 4 is 11.3 Å². The van der Waals surface area contributed by atoms with Crippen LogP contribution in [0, 0.1) is 6.92 Å². The molecule has 14 heavy (non-hydrogen) atoms. The molecule has 80 valence electrons. The van der Waals surface area contributed by atoms with Crippen LogP contribution in [0.25, 0.3) is 0 Å². The topological polar surface area (TPSA) is 27.4 Å². The summed E-state index contributed by atoms with van der Waals surface area (Å²) >= 11 is 1.63. The number of nitrogens with zero attached hydrogens (tertiary/aromatic N) is 2. The number of rotatable bonds is 4. The molecule has 0 saturated carbocycles. The highest BCUT2D eigenvalue weighted by Gasteiger charge is 2.18. The lowest BCUT2D eigenvalue weighted by atomic mass is 10.3. The first kappa shape index (κ1) is 11.6. The van der Waals surface area contributed by atoms with Crippen molar-refractivity contribution in [3.05, 3.63) is 16.1 Å². The van der Waals surface area contributed by atoms with Crippen LogP contribution in [0.2, 0.25) is 0 Å². The van der Waals surface area contributed by atoms with E-state index in [-0.39, 0.29) is 6.10 Å². The SMILES string of the molecule is Cc1c(C(C)O)sc[n+]1CCN(C)C. The van der Waals surface area contributed by atoms with Crippen LogP contribution in [0.3, 0.4) is 0 Å². The first-order valence-electron chi connectivity index (χ1n) is 4.82. The molecule has 1 N–H and O–H groups in total. The van der Waals surface area contributed by atoms with Crippen LogP contribution < -0.4 is 4.57 Å². The van der Waals surface area contributed by atoms with Gasteiger partial charge in [0.25, 0.3) is 0 Å². The zero-order valence-corrected chi connectivity index (χ0v) is 10.1. The minimum absolute atomic E-state index is 0.347. The summed E-state index contributed by atoms with van der Waals surface area (Å²) in [5.74, 6) is 0. The average molecular weight is 215 g/mol. The van der Waals surface area contributed by atoms with Crippen LogP contribution in [-0.4, -0.2) is 30.6 Å². The van der Waals surface area contributed by atoms with Crippen molar-refractivity contribution < 1.29 is 9.67 Å². The maximum Gasteiger partial charge on any atom is 0.225 e. The smallest absolute Gasteiger partial charge is 0.225 e. The van der Waals surface area contributed by atoms with E-state index in [0.29, 0.717) is 0 Å². The van der Waals surface area contributed by atoms with Gasteiger partial charge in [0, 0.05) is 6.92 Å². The van der Waals surface area contributed by atoms with Gasteiger partial charge >= 0.3 is 0 Å². The van der Waals surface area contributed by atoms with Crippen LogP contribution in [-0.2, 0) is 6.54 Å². The van der Waals surface area contributed by atoms with Crippen LogP contribution in [0.15, 0.2) is 5.51 Å². The number of aliphatic hydroxyl groups is 1. The fourth-order valence-corrected chi connectivity index (χ4v) is 2.34. The molecule has 0 fully saturated rings. The predicted octanol–water partition coefficient (Wildman–Crippen LogP) is 0.959. The summed E-state index contributed by atoms with van der Waals surface area (Å²) in [5.41, 5.74) is 3.27. The summed E-state index contributed by atoms with van der Waals surface area (Å²) in [4.78, 5) is 3.23. The van der Waals surface area contributed by atoms with Gasteiger partial charge in [-0.25, -0.2) is 0 Å². The van der Waals surface area contributed by atoms with E-state index in [0.717, 1.165) is 18.0 Å².